The van der Waals surface area contributed by atoms with Gasteiger partial charge in [0.25, 0.3) is 0 Å². The number of nitrogen functional groups attached to an aromatic ring is 1. The molecular formula is C18H14Cl2F3N5O. The summed E-state index contributed by atoms with van der Waals surface area (Å²) in [5.74, 6) is 0.763. The number of methoxy groups -OCH3 is 1. The Balaban J connectivity index is 1.94. The summed E-state index contributed by atoms with van der Waals surface area (Å²) in [6.45, 7) is 0. The van der Waals surface area contributed by atoms with Crippen molar-refractivity contribution in [1.82, 2.24) is 9.97 Å². The largest absolute Gasteiger partial charge is 0.495 e. The Morgan fingerprint density at radius 3 is 2.24 bits per heavy atom. The van der Waals surface area contributed by atoms with Crippen molar-refractivity contribution in [2.24, 2.45) is 0 Å². The fourth-order valence-corrected chi connectivity index (χ4v) is 2.76. The third-order valence-corrected chi connectivity index (χ3v) is 4.41. The zero-order valence-corrected chi connectivity index (χ0v) is 16.3. The van der Waals surface area contributed by atoms with E-state index < -0.39 is 11.7 Å². The van der Waals surface area contributed by atoms with Crippen LogP contribution in [0.15, 0.2) is 42.7 Å². The van der Waals surface area contributed by atoms with Crippen LogP contribution in [0, 0.1) is 0 Å². The molecule has 0 radical (unpaired) electrons. The lowest BCUT2D eigenvalue weighted by molar-refractivity contribution is -0.137. The molecule has 0 bridgehead atoms. The Bertz CT molecular complexity index is 1050. The van der Waals surface area contributed by atoms with E-state index in [1.165, 1.54) is 13.4 Å². The molecule has 0 spiro atoms. The van der Waals surface area contributed by atoms with Crippen molar-refractivity contribution in [2.45, 2.75) is 6.18 Å². The maximum atomic E-state index is 13.0. The minimum atomic E-state index is -4.52. The van der Waals surface area contributed by atoms with Gasteiger partial charge in [-0.25, -0.2) is 9.97 Å². The summed E-state index contributed by atoms with van der Waals surface area (Å²) in [6, 6.07) is 7.81. The molecule has 0 unspecified atom stereocenters. The van der Waals surface area contributed by atoms with Crippen LogP contribution in [0.4, 0.5) is 41.9 Å². The minimum absolute atomic E-state index is 0.00169. The molecule has 152 valence electrons. The number of aromatic nitrogens is 2. The van der Waals surface area contributed by atoms with Gasteiger partial charge in [0, 0.05) is 5.02 Å². The Morgan fingerprint density at radius 1 is 0.966 bits per heavy atom. The molecule has 6 nitrogen and oxygen atoms in total. The molecule has 4 N–H and O–H groups in total. The van der Waals surface area contributed by atoms with Crippen LogP contribution in [0.25, 0.3) is 0 Å². The predicted octanol–water partition coefficient (Wildman–Crippen LogP) is 5.88. The highest BCUT2D eigenvalue weighted by molar-refractivity contribution is 6.33. The van der Waals surface area contributed by atoms with Crippen molar-refractivity contribution in [2.75, 3.05) is 23.5 Å². The summed E-state index contributed by atoms with van der Waals surface area (Å²) in [5, 5.41) is 6.21. The third-order valence-electron chi connectivity index (χ3n) is 3.85. The van der Waals surface area contributed by atoms with E-state index in [1.807, 2.05) is 0 Å². The van der Waals surface area contributed by atoms with E-state index in [-0.39, 0.29) is 28.0 Å². The van der Waals surface area contributed by atoms with Crippen LogP contribution >= 0.6 is 23.2 Å². The Morgan fingerprint density at radius 2 is 1.62 bits per heavy atom. The molecule has 0 aliphatic carbocycles. The molecule has 0 aliphatic heterocycles. The van der Waals surface area contributed by atoms with Crippen molar-refractivity contribution in [3.8, 4) is 5.75 Å². The molecule has 1 aromatic heterocycles. The lowest BCUT2D eigenvalue weighted by Crippen LogP contribution is -2.08. The van der Waals surface area contributed by atoms with Gasteiger partial charge in [0.15, 0.2) is 11.6 Å². The minimum Gasteiger partial charge on any atom is -0.495 e. The number of ether oxygens (including phenoxy) is 1. The van der Waals surface area contributed by atoms with Crippen LogP contribution in [0.3, 0.4) is 0 Å². The normalized spacial score (nSPS) is 11.2. The molecule has 1 heterocycles. The monoisotopic (exact) mass is 443 g/mol. The Kier molecular flexibility index (Phi) is 5.90. The first-order valence-corrected chi connectivity index (χ1v) is 8.79. The van der Waals surface area contributed by atoms with Crippen LogP contribution in [0.1, 0.15) is 5.56 Å². The first-order chi connectivity index (χ1) is 13.7. The van der Waals surface area contributed by atoms with Gasteiger partial charge in [0.1, 0.15) is 17.8 Å². The van der Waals surface area contributed by atoms with Crippen LogP contribution in [0.5, 0.6) is 5.75 Å². The van der Waals surface area contributed by atoms with E-state index in [2.05, 4.69) is 20.6 Å². The molecule has 0 amide bonds. The average Bonchev–Trinajstić information content (AvgIpc) is 2.66. The Hall–Kier alpha value is -2.91. The zero-order chi connectivity index (χ0) is 21.2. The number of nitrogens with zero attached hydrogens (tertiary/aromatic N) is 2. The van der Waals surface area contributed by atoms with Gasteiger partial charge in [-0.2, -0.15) is 13.2 Å². The van der Waals surface area contributed by atoms with Crippen LogP contribution in [-0.4, -0.2) is 17.1 Å². The maximum Gasteiger partial charge on any atom is 0.416 e. The summed E-state index contributed by atoms with van der Waals surface area (Å²) in [5.41, 5.74) is 5.78. The van der Waals surface area contributed by atoms with Crippen molar-refractivity contribution in [3.05, 3.63) is 58.3 Å². The van der Waals surface area contributed by atoms with Gasteiger partial charge in [-0.3, -0.25) is 0 Å². The van der Waals surface area contributed by atoms with Crippen LogP contribution < -0.4 is 21.1 Å². The van der Waals surface area contributed by atoms with Gasteiger partial charge in [-0.1, -0.05) is 23.2 Å². The standard InChI is InChI=1S/C18H14Cl2F3N5O/c1-29-14-5-3-10(19)7-13(14)28-17-15(24)16(25-8-26-17)27-12-6-9(18(21,22)23)2-4-11(12)20/h2-8H,24H2,1H3,(H2,25,26,27,28). The van der Waals surface area contributed by atoms with Crippen LogP contribution in [0.2, 0.25) is 10.0 Å². The predicted molar refractivity (Wildman–Crippen MR) is 107 cm³/mol. The van der Waals surface area contributed by atoms with Gasteiger partial charge in [0.05, 0.1) is 29.1 Å². The lowest BCUT2D eigenvalue weighted by Gasteiger charge is -2.16. The van der Waals surface area contributed by atoms with Gasteiger partial charge in [0.2, 0.25) is 0 Å². The topological polar surface area (TPSA) is 85.1 Å². The van der Waals surface area contributed by atoms with E-state index in [0.717, 1.165) is 18.2 Å². The van der Waals surface area contributed by atoms with Gasteiger partial charge in [-0.15, -0.1) is 0 Å². The third kappa shape index (κ3) is 4.75. The van der Waals surface area contributed by atoms with E-state index in [1.54, 1.807) is 18.2 Å². The summed E-state index contributed by atoms with van der Waals surface area (Å²) in [4.78, 5) is 8.05. The smallest absolute Gasteiger partial charge is 0.416 e. The fourth-order valence-electron chi connectivity index (χ4n) is 2.43. The molecule has 29 heavy (non-hydrogen) atoms. The molecule has 3 rings (SSSR count). The molecule has 0 atom stereocenters. The zero-order valence-electron chi connectivity index (χ0n) is 14.8. The van der Waals surface area contributed by atoms with Gasteiger partial charge in [-0.05, 0) is 36.4 Å². The number of benzene rings is 2. The SMILES string of the molecule is COc1ccc(Cl)cc1Nc1ncnc(Nc2cc(C(F)(F)F)ccc2Cl)c1N. The van der Waals surface area contributed by atoms with E-state index in [4.69, 9.17) is 33.7 Å². The first kappa shape index (κ1) is 20.8. The van der Waals surface area contributed by atoms with Crippen LogP contribution in [-0.2, 0) is 6.18 Å². The number of nitrogens with one attached hydrogen (secondary N) is 2. The molecule has 0 aliphatic rings. The number of hydrogen-bond acceptors (Lipinski definition) is 6. The average molecular weight is 444 g/mol. The second-order valence-corrected chi connectivity index (χ2v) is 6.62. The number of anilines is 5. The summed E-state index contributed by atoms with van der Waals surface area (Å²) in [6.07, 6.45) is -3.33. The van der Waals surface area contributed by atoms with Gasteiger partial charge < -0.3 is 21.1 Å². The molecule has 3 aromatic rings. The van der Waals surface area contributed by atoms with Crippen molar-refractivity contribution in [3.63, 3.8) is 0 Å². The Labute approximate surface area is 173 Å². The van der Waals surface area contributed by atoms with Crippen molar-refractivity contribution in [1.29, 1.82) is 0 Å². The van der Waals surface area contributed by atoms with E-state index in [0.29, 0.717) is 16.5 Å². The molecule has 0 saturated carbocycles. The van der Waals surface area contributed by atoms with E-state index >= 15 is 0 Å². The summed E-state index contributed by atoms with van der Waals surface area (Å²) in [7, 11) is 1.49. The highest BCUT2D eigenvalue weighted by Gasteiger charge is 2.31. The molecular weight excluding hydrogens is 430 g/mol. The fraction of sp³-hybridized carbons (Fsp3) is 0.111. The number of rotatable bonds is 5. The summed E-state index contributed by atoms with van der Waals surface area (Å²) < 4.78 is 44.2. The number of hydrogen-bond donors (Lipinski definition) is 3. The lowest BCUT2D eigenvalue weighted by atomic mass is 10.2. The first-order valence-electron chi connectivity index (χ1n) is 8.04. The quantitative estimate of drug-likeness (QED) is 0.456. The highest BCUT2D eigenvalue weighted by Crippen LogP contribution is 2.37. The number of halogens is 5. The molecule has 0 saturated heterocycles. The second kappa shape index (κ2) is 8.22. The molecule has 2 aromatic carbocycles. The second-order valence-electron chi connectivity index (χ2n) is 5.77. The highest BCUT2D eigenvalue weighted by atomic mass is 35.5. The van der Waals surface area contributed by atoms with Crippen molar-refractivity contribution >= 4 is 51.9 Å². The number of nitrogens with two attached hydrogens (primary N) is 1. The summed E-state index contributed by atoms with van der Waals surface area (Å²) >= 11 is 12.0. The molecule has 11 heteroatoms. The van der Waals surface area contributed by atoms with Crippen molar-refractivity contribution < 1.29 is 17.9 Å². The van der Waals surface area contributed by atoms with E-state index in [9.17, 15) is 13.2 Å². The number of alkyl halides is 3. The molecule has 0 fully saturated rings. The maximum absolute atomic E-state index is 13.0. The van der Waals surface area contributed by atoms with Gasteiger partial charge >= 0.3 is 6.18 Å².